The molecule has 0 aromatic heterocycles. The third-order valence-electron chi connectivity index (χ3n) is 4.58. The molecule has 1 aliphatic heterocycles. The quantitative estimate of drug-likeness (QED) is 0.647. The van der Waals surface area contributed by atoms with Crippen LogP contribution >= 0.6 is 0 Å². The number of ether oxygens (including phenoxy) is 1. The van der Waals surface area contributed by atoms with Crippen LogP contribution in [0.1, 0.15) is 59.9 Å². The molecule has 0 aliphatic carbocycles. The maximum atomic E-state index is 12.3. The largest absolute Gasteiger partial charge is 0.444 e. The molecule has 1 aromatic rings. The van der Waals surface area contributed by atoms with Crippen molar-refractivity contribution in [2.24, 2.45) is 5.41 Å². The van der Waals surface area contributed by atoms with E-state index in [1.165, 1.54) is 6.21 Å². The number of carbonyl (C=O) groups is 2. The number of likely N-dealkylation sites (tertiary alicyclic amines) is 1. The summed E-state index contributed by atoms with van der Waals surface area (Å²) in [5.41, 5.74) is 1.08. The number of carbonyl (C=O) groups excluding carboxylic acids is 2. The maximum Gasteiger partial charge on any atom is 0.410 e. The van der Waals surface area contributed by atoms with Crippen LogP contribution in [0.4, 0.5) is 16.2 Å². The fourth-order valence-corrected chi connectivity index (χ4v) is 3.02. The number of amides is 2. The Kier molecular flexibility index (Phi) is 6.93. The summed E-state index contributed by atoms with van der Waals surface area (Å²) in [6.45, 7) is 12.4. The van der Waals surface area contributed by atoms with E-state index in [9.17, 15) is 9.59 Å². The van der Waals surface area contributed by atoms with Crippen LogP contribution in [0.3, 0.4) is 0 Å². The van der Waals surface area contributed by atoms with Crippen LogP contribution in [-0.2, 0) is 9.53 Å². The number of hydrogen-bond donors (Lipinski definition) is 3. The highest BCUT2D eigenvalue weighted by atomic mass is 16.6. The van der Waals surface area contributed by atoms with E-state index < -0.39 is 11.0 Å². The van der Waals surface area contributed by atoms with Crippen molar-refractivity contribution in [1.82, 2.24) is 4.90 Å². The molecule has 0 radical (unpaired) electrons. The SMILES string of the molecule is CC(C)(C)OC(=O)N1CCCC(Nc2ccc(NC(=O)C(C)(C)C)c(C=N)c2)C1. The van der Waals surface area contributed by atoms with Gasteiger partial charge in [0.1, 0.15) is 5.60 Å². The van der Waals surface area contributed by atoms with Gasteiger partial charge in [0.2, 0.25) is 5.91 Å². The van der Waals surface area contributed by atoms with Gasteiger partial charge in [-0.2, -0.15) is 0 Å². The van der Waals surface area contributed by atoms with Crippen molar-refractivity contribution < 1.29 is 14.3 Å². The molecular formula is C22H34N4O3. The van der Waals surface area contributed by atoms with Crippen LogP contribution in [0.5, 0.6) is 0 Å². The van der Waals surface area contributed by atoms with Gasteiger partial charge in [0.25, 0.3) is 0 Å². The Morgan fingerprint density at radius 1 is 1.21 bits per heavy atom. The molecule has 2 rings (SSSR count). The van der Waals surface area contributed by atoms with Gasteiger partial charge in [-0.1, -0.05) is 20.8 Å². The smallest absolute Gasteiger partial charge is 0.410 e. The predicted molar refractivity (Wildman–Crippen MR) is 117 cm³/mol. The molecule has 1 aliphatic rings. The highest BCUT2D eigenvalue weighted by molar-refractivity contribution is 5.99. The molecule has 3 N–H and O–H groups in total. The lowest BCUT2D eigenvalue weighted by Gasteiger charge is -2.35. The third kappa shape index (κ3) is 6.76. The molecule has 0 bridgehead atoms. The lowest BCUT2D eigenvalue weighted by atomic mass is 9.95. The van der Waals surface area contributed by atoms with E-state index in [-0.39, 0.29) is 18.0 Å². The third-order valence-corrected chi connectivity index (χ3v) is 4.58. The normalized spacial score (nSPS) is 17.4. The molecule has 1 aromatic carbocycles. The molecule has 160 valence electrons. The van der Waals surface area contributed by atoms with Crippen molar-refractivity contribution in [2.75, 3.05) is 23.7 Å². The summed E-state index contributed by atoms with van der Waals surface area (Å²) < 4.78 is 5.48. The van der Waals surface area contributed by atoms with Crippen molar-refractivity contribution >= 4 is 29.6 Å². The van der Waals surface area contributed by atoms with E-state index in [0.29, 0.717) is 24.3 Å². The zero-order valence-electron chi connectivity index (χ0n) is 18.4. The monoisotopic (exact) mass is 402 g/mol. The summed E-state index contributed by atoms with van der Waals surface area (Å²) in [6, 6.07) is 5.64. The topological polar surface area (TPSA) is 94.5 Å². The lowest BCUT2D eigenvalue weighted by Crippen LogP contribution is -2.47. The minimum Gasteiger partial charge on any atom is -0.444 e. The van der Waals surface area contributed by atoms with E-state index in [0.717, 1.165) is 18.5 Å². The van der Waals surface area contributed by atoms with Gasteiger partial charge in [-0.25, -0.2) is 4.79 Å². The minimum absolute atomic E-state index is 0.0957. The number of nitrogens with one attached hydrogen (secondary N) is 3. The van der Waals surface area contributed by atoms with Gasteiger partial charge < -0.3 is 25.7 Å². The molecule has 1 atom stereocenters. The average molecular weight is 403 g/mol. The Hall–Kier alpha value is -2.57. The minimum atomic E-state index is -0.510. The molecule has 1 unspecified atom stereocenters. The number of hydrogen-bond acceptors (Lipinski definition) is 5. The summed E-state index contributed by atoms with van der Waals surface area (Å²) in [4.78, 5) is 26.3. The molecule has 1 fully saturated rings. The van der Waals surface area contributed by atoms with Crippen molar-refractivity contribution in [2.45, 2.75) is 66.0 Å². The van der Waals surface area contributed by atoms with Gasteiger partial charge >= 0.3 is 6.09 Å². The predicted octanol–water partition coefficient (Wildman–Crippen LogP) is 4.48. The summed E-state index contributed by atoms with van der Waals surface area (Å²) in [5, 5.41) is 14.0. The molecule has 0 spiro atoms. The highest BCUT2D eigenvalue weighted by Crippen LogP contribution is 2.24. The zero-order valence-corrected chi connectivity index (χ0v) is 18.4. The molecular weight excluding hydrogens is 368 g/mol. The average Bonchev–Trinajstić information content (AvgIpc) is 2.61. The summed E-state index contributed by atoms with van der Waals surface area (Å²) >= 11 is 0. The summed E-state index contributed by atoms with van der Waals surface area (Å²) in [7, 11) is 0. The van der Waals surface area contributed by atoms with Gasteiger partial charge in [0, 0.05) is 47.7 Å². The van der Waals surface area contributed by atoms with Gasteiger partial charge in [-0.3, -0.25) is 4.79 Å². The fourth-order valence-electron chi connectivity index (χ4n) is 3.02. The molecule has 2 amide bonds. The molecule has 1 heterocycles. The van der Waals surface area contributed by atoms with Crippen molar-refractivity contribution in [1.29, 1.82) is 5.41 Å². The van der Waals surface area contributed by atoms with E-state index in [1.807, 2.05) is 53.7 Å². The number of anilines is 2. The number of rotatable bonds is 4. The van der Waals surface area contributed by atoms with Gasteiger partial charge in [0.15, 0.2) is 0 Å². The first kappa shape index (κ1) is 22.7. The van der Waals surface area contributed by atoms with Crippen molar-refractivity contribution in [3.05, 3.63) is 23.8 Å². The van der Waals surface area contributed by atoms with Crippen molar-refractivity contribution in [3.8, 4) is 0 Å². The Morgan fingerprint density at radius 2 is 1.90 bits per heavy atom. The first-order valence-corrected chi connectivity index (χ1v) is 10.1. The fraction of sp³-hybridized carbons (Fsp3) is 0.591. The molecule has 0 saturated carbocycles. The second-order valence-electron chi connectivity index (χ2n) is 9.56. The van der Waals surface area contributed by atoms with E-state index in [2.05, 4.69) is 10.6 Å². The van der Waals surface area contributed by atoms with E-state index >= 15 is 0 Å². The second kappa shape index (κ2) is 8.84. The Balaban J connectivity index is 2.05. The summed E-state index contributed by atoms with van der Waals surface area (Å²) in [5.74, 6) is -0.0957. The van der Waals surface area contributed by atoms with Gasteiger partial charge in [-0.15, -0.1) is 0 Å². The maximum absolute atomic E-state index is 12.3. The molecule has 29 heavy (non-hydrogen) atoms. The van der Waals surface area contributed by atoms with Crippen LogP contribution < -0.4 is 10.6 Å². The Labute approximate surface area is 173 Å². The Bertz CT molecular complexity index is 762. The van der Waals surface area contributed by atoms with Crippen LogP contribution in [0.25, 0.3) is 0 Å². The lowest BCUT2D eigenvalue weighted by molar-refractivity contribution is -0.123. The van der Waals surface area contributed by atoms with Gasteiger partial charge in [0.05, 0.1) is 0 Å². The van der Waals surface area contributed by atoms with Crippen LogP contribution in [0.2, 0.25) is 0 Å². The van der Waals surface area contributed by atoms with Crippen LogP contribution in [0.15, 0.2) is 18.2 Å². The van der Waals surface area contributed by atoms with E-state index in [4.69, 9.17) is 10.1 Å². The molecule has 1 saturated heterocycles. The first-order chi connectivity index (χ1) is 13.4. The summed E-state index contributed by atoms with van der Waals surface area (Å²) in [6.07, 6.45) is 2.79. The number of piperidine rings is 1. The molecule has 7 heteroatoms. The number of benzene rings is 1. The Morgan fingerprint density at radius 3 is 2.48 bits per heavy atom. The highest BCUT2D eigenvalue weighted by Gasteiger charge is 2.28. The standard InChI is InChI=1S/C22H34N4O3/c1-21(2,3)19(27)25-18-10-9-16(12-15(18)13-23)24-17-8-7-11-26(14-17)20(28)29-22(4,5)6/h9-10,12-13,17,23-24H,7-8,11,14H2,1-6H3,(H,25,27). The van der Waals surface area contributed by atoms with Crippen molar-refractivity contribution in [3.63, 3.8) is 0 Å². The zero-order chi connectivity index (χ0) is 21.8. The van der Waals surface area contributed by atoms with E-state index in [1.54, 1.807) is 11.0 Å². The van der Waals surface area contributed by atoms with Crippen LogP contribution in [0, 0.1) is 10.8 Å². The molecule has 7 nitrogen and oxygen atoms in total. The van der Waals surface area contributed by atoms with Crippen LogP contribution in [-0.4, -0.2) is 47.8 Å². The first-order valence-electron chi connectivity index (χ1n) is 10.1. The number of nitrogens with zero attached hydrogens (tertiary/aromatic N) is 1. The van der Waals surface area contributed by atoms with Gasteiger partial charge in [-0.05, 0) is 51.8 Å². The second-order valence-corrected chi connectivity index (χ2v) is 9.56.